The van der Waals surface area contributed by atoms with Crippen molar-refractivity contribution in [1.29, 1.82) is 0 Å². The SMILES string of the molecule is CCOC(=O)COc1c(Cl)cc(/C=N/NC(=O)Nc2ccc(Br)c(C)c2)cc1Br. The normalized spacial score (nSPS) is 10.7. The molecule has 0 fully saturated rings. The van der Waals surface area contributed by atoms with Gasteiger partial charge in [0.25, 0.3) is 0 Å². The average Bonchev–Trinajstić information content (AvgIpc) is 2.64. The zero-order valence-electron chi connectivity index (χ0n) is 15.6. The second-order valence-corrected chi connectivity index (χ2v) is 7.81. The van der Waals surface area contributed by atoms with E-state index in [1.54, 1.807) is 25.1 Å². The van der Waals surface area contributed by atoms with Crippen LogP contribution in [0.25, 0.3) is 0 Å². The van der Waals surface area contributed by atoms with Gasteiger partial charge in [-0.15, -0.1) is 0 Å². The molecule has 0 unspecified atom stereocenters. The van der Waals surface area contributed by atoms with Gasteiger partial charge in [0.15, 0.2) is 12.4 Å². The molecular weight excluding hydrogens is 529 g/mol. The number of urea groups is 1. The molecule has 7 nitrogen and oxygen atoms in total. The number of ether oxygens (including phenoxy) is 2. The Morgan fingerprint density at radius 2 is 1.97 bits per heavy atom. The summed E-state index contributed by atoms with van der Waals surface area (Å²) in [5, 5.41) is 6.86. The smallest absolute Gasteiger partial charge is 0.344 e. The molecule has 0 saturated carbocycles. The minimum atomic E-state index is -0.489. The number of rotatable bonds is 7. The number of anilines is 1. The van der Waals surface area contributed by atoms with E-state index in [9.17, 15) is 9.59 Å². The highest BCUT2D eigenvalue weighted by molar-refractivity contribution is 9.10. The zero-order chi connectivity index (χ0) is 21.4. The van der Waals surface area contributed by atoms with Gasteiger partial charge in [0.1, 0.15) is 0 Å². The van der Waals surface area contributed by atoms with Crippen LogP contribution in [0, 0.1) is 6.92 Å². The van der Waals surface area contributed by atoms with E-state index in [2.05, 4.69) is 47.7 Å². The Morgan fingerprint density at radius 1 is 1.21 bits per heavy atom. The lowest BCUT2D eigenvalue weighted by molar-refractivity contribution is -0.145. The van der Waals surface area contributed by atoms with Gasteiger partial charge in [-0.3, -0.25) is 0 Å². The second-order valence-electron chi connectivity index (χ2n) is 5.70. The van der Waals surface area contributed by atoms with Gasteiger partial charge in [0.05, 0.1) is 22.3 Å². The lowest BCUT2D eigenvalue weighted by Gasteiger charge is -2.10. The van der Waals surface area contributed by atoms with Gasteiger partial charge in [0.2, 0.25) is 0 Å². The van der Waals surface area contributed by atoms with Gasteiger partial charge in [-0.2, -0.15) is 5.10 Å². The van der Waals surface area contributed by atoms with Crippen LogP contribution in [0.1, 0.15) is 18.1 Å². The minimum absolute atomic E-state index is 0.253. The number of hydrogen-bond donors (Lipinski definition) is 2. The summed E-state index contributed by atoms with van der Waals surface area (Å²) in [6.07, 6.45) is 1.43. The van der Waals surface area contributed by atoms with Crippen LogP contribution in [-0.4, -0.2) is 31.4 Å². The number of nitrogens with zero attached hydrogens (tertiary/aromatic N) is 1. The summed E-state index contributed by atoms with van der Waals surface area (Å²) >= 11 is 12.9. The monoisotopic (exact) mass is 545 g/mol. The molecule has 0 aromatic heterocycles. The van der Waals surface area contributed by atoms with Gasteiger partial charge in [0, 0.05) is 10.2 Å². The molecule has 2 aromatic rings. The van der Waals surface area contributed by atoms with E-state index < -0.39 is 12.0 Å². The molecule has 10 heteroatoms. The van der Waals surface area contributed by atoms with Gasteiger partial charge in [-0.1, -0.05) is 27.5 Å². The average molecular weight is 548 g/mol. The molecule has 2 rings (SSSR count). The Balaban J connectivity index is 1.95. The standard InChI is InChI=1S/C19H18Br2ClN3O4/c1-3-28-17(26)10-29-18-15(21)7-12(8-16(18)22)9-23-25-19(27)24-13-4-5-14(20)11(2)6-13/h4-9H,3,10H2,1-2H3,(H2,24,25,27)/b23-9+. The summed E-state index contributed by atoms with van der Waals surface area (Å²) in [5.74, 6) is -0.175. The van der Waals surface area contributed by atoms with Crippen LogP contribution < -0.4 is 15.5 Å². The first kappa shape index (κ1) is 23.2. The molecule has 0 saturated heterocycles. The van der Waals surface area contributed by atoms with Crippen LogP contribution in [0.2, 0.25) is 5.02 Å². The van der Waals surface area contributed by atoms with E-state index >= 15 is 0 Å². The third-order valence-corrected chi connectivity index (χ3v) is 5.22. The molecule has 0 aliphatic carbocycles. The minimum Gasteiger partial charge on any atom is -0.479 e. The first-order valence-corrected chi connectivity index (χ1v) is 10.4. The number of carbonyl (C=O) groups excluding carboxylic acids is 2. The number of halogens is 3. The number of carbonyl (C=O) groups is 2. The first-order chi connectivity index (χ1) is 13.8. The van der Waals surface area contributed by atoms with Crippen LogP contribution in [0.5, 0.6) is 5.75 Å². The molecule has 29 heavy (non-hydrogen) atoms. The number of hydrazone groups is 1. The molecule has 154 valence electrons. The Hall–Kier alpha value is -2.10. The van der Waals surface area contributed by atoms with Gasteiger partial charge in [-0.25, -0.2) is 15.0 Å². The third kappa shape index (κ3) is 7.34. The highest BCUT2D eigenvalue weighted by atomic mass is 79.9. The number of hydrogen-bond acceptors (Lipinski definition) is 5. The summed E-state index contributed by atoms with van der Waals surface area (Å²) in [6, 6.07) is 8.24. The quantitative estimate of drug-likeness (QED) is 0.281. The molecule has 2 N–H and O–H groups in total. The lowest BCUT2D eigenvalue weighted by Crippen LogP contribution is -2.24. The van der Waals surface area contributed by atoms with Crippen molar-refractivity contribution in [3.05, 3.63) is 55.4 Å². The predicted molar refractivity (Wildman–Crippen MR) is 120 cm³/mol. The molecular formula is C19H18Br2ClN3O4. The van der Waals surface area contributed by atoms with Crippen LogP contribution in [0.4, 0.5) is 10.5 Å². The fourth-order valence-corrected chi connectivity index (χ4v) is 3.41. The summed E-state index contributed by atoms with van der Waals surface area (Å²) < 4.78 is 11.7. The molecule has 0 spiro atoms. The highest BCUT2D eigenvalue weighted by Crippen LogP contribution is 2.34. The highest BCUT2D eigenvalue weighted by Gasteiger charge is 2.11. The van der Waals surface area contributed by atoms with E-state index in [1.807, 2.05) is 19.1 Å². The summed E-state index contributed by atoms with van der Waals surface area (Å²) in [6.45, 7) is 3.65. The van der Waals surface area contributed by atoms with E-state index in [-0.39, 0.29) is 18.2 Å². The topological polar surface area (TPSA) is 89.0 Å². The maximum atomic E-state index is 11.9. The Kier molecular flexibility index (Phi) is 8.94. The maximum Gasteiger partial charge on any atom is 0.344 e. The number of aryl methyl sites for hydroxylation is 1. The van der Waals surface area contributed by atoms with E-state index in [0.717, 1.165) is 10.0 Å². The summed E-state index contributed by atoms with van der Waals surface area (Å²) in [7, 11) is 0. The van der Waals surface area contributed by atoms with Crippen molar-refractivity contribution < 1.29 is 19.1 Å². The molecule has 0 heterocycles. The largest absolute Gasteiger partial charge is 0.479 e. The van der Waals surface area contributed by atoms with Crippen LogP contribution >= 0.6 is 43.5 Å². The van der Waals surface area contributed by atoms with E-state index in [4.69, 9.17) is 21.1 Å². The van der Waals surface area contributed by atoms with Crippen molar-refractivity contribution in [2.75, 3.05) is 18.5 Å². The van der Waals surface area contributed by atoms with Crippen molar-refractivity contribution in [3.63, 3.8) is 0 Å². The number of esters is 1. The van der Waals surface area contributed by atoms with Gasteiger partial charge < -0.3 is 14.8 Å². The molecule has 0 aliphatic rings. The van der Waals surface area contributed by atoms with Crippen LogP contribution in [0.3, 0.4) is 0 Å². The first-order valence-electron chi connectivity index (χ1n) is 8.43. The Morgan fingerprint density at radius 3 is 2.62 bits per heavy atom. The third-order valence-electron chi connectivity index (χ3n) is 3.46. The fraction of sp³-hybridized carbons (Fsp3) is 0.211. The number of amides is 2. The maximum absolute atomic E-state index is 11.9. The van der Waals surface area contributed by atoms with Crippen LogP contribution in [-0.2, 0) is 9.53 Å². The van der Waals surface area contributed by atoms with Gasteiger partial charge in [-0.05, 0) is 71.2 Å². The summed E-state index contributed by atoms with van der Waals surface area (Å²) in [4.78, 5) is 23.3. The van der Waals surface area contributed by atoms with Crippen molar-refractivity contribution >= 4 is 67.4 Å². The molecule has 0 bridgehead atoms. The van der Waals surface area contributed by atoms with E-state index in [0.29, 0.717) is 21.5 Å². The summed E-state index contributed by atoms with van der Waals surface area (Å²) in [5.41, 5.74) is 4.64. The van der Waals surface area contributed by atoms with Crippen LogP contribution in [0.15, 0.2) is 44.4 Å². The molecule has 0 radical (unpaired) electrons. The number of benzene rings is 2. The Bertz CT molecular complexity index is 915. The van der Waals surface area contributed by atoms with Crippen molar-refractivity contribution in [2.24, 2.45) is 5.10 Å². The fourth-order valence-electron chi connectivity index (χ4n) is 2.17. The molecule has 0 aliphatic heterocycles. The lowest BCUT2D eigenvalue weighted by atomic mass is 10.2. The molecule has 2 amide bonds. The zero-order valence-corrected chi connectivity index (χ0v) is 19.5. The van der Waals surface area contributed by atoms with E-state index in [1.165, 1.54) is 6.21 Å². The van der Waals surface area contributed by atoms with Crippen molar-refractivity contribution in [3.8, 4) is 5.75 Å². The second kappa shape index (κ2) is 11.2. The van der Waals surface area contributed by atoms with Crippen molar-refractivity contribution in [1.82, 2.24) is 5.43 Å². The molecule has 2 aromatic carbocycles. The van der Waals surface area contributed by atoms with Gasteiger partial charge >= 0.3 is 12.0 Å². The van der Waals surface area contributed by atoms with Crippen molar-refractivity contribution in [2.45, 2.75) is 13.8 Å². The molecule has 0 atom stereocenters. The Labute approximate surface area is 190 Å². The number of nitrogens with one attached hydrogen (secondary N) is 2. The predicted octanol–water partition coefficient (Wildman–Crippen LogP) is 5.27.